The molecule has 0 fully saturated rings. The fraction of sp³-hybridized carbons (Fsp3) is 0.100. The van der Waals surface area contributed by atoms with Gasteiger partial charge in [0.25, 0.3) is 0 Å². The minimum absolute atomic E-state index is 0.140. The van der Waals surface area contributed by atoms with Crippen molar-refractivity contribution in [2.75, 3.05) is 7.11 Å². The number of nitro groups is 1. The van der Waals surface area contributed by atoms with E-state index in [1.165, 1.54) is 19.2 Å². The first-order valence-corrected chi connectivity index (χ1v) is 10.3. The average Bonchev–Trinajstić information content (AvgIpc) is 2.67. The van der Waals surface area contributed by atoms with Crippen LogP contribution in [0.15, 0.2) is 66.7 Å². The SMILES string of the molecule is COc1cccc([C](O)([Pb])c2ccccc2)c1-c1c(Cl)cccc1[N+](=O)[O-]. The molecule has 0 aliphatic heterocycles. The van der Waals surface area contributed by atoms with E-state index in [1.807, 2.05) is 30.3 Å². The monoisotopic (exact) mass is 576 g/mol. The van der Waals surface area contributed by atoms with Gasteiger partial charge in [-0.15, -0.1) is 0 Å². The maximum absolute atomic E-state index is 11.6. The van der Waals surface area contributed by atoms with Gasteiger partial charge in [-0.05, 0) is 0 Å². The number of hydrogen-bond donors (Lipinski definition) is 1. The van der Waals surface area contributed by atoms with Crippen LogP contribution in [0.5, 0.6) is 5.75 Å². The van der Waals surface area contributed by atoms with E-state index >= 15 is 0 Å². The van der Waals surface area contributed by atoms with Crippen LogP contribution in [0, 0.1) is 10.1 Å². The third-order valence-electron chi connectivity index (χ3n) is 4.27. The Hall–Kier alpha value is -1.97. The van der Waals surface area contributed by atoms with Crippen molar-refractivity contribution in [1.29, 1.82) is 0 Å². The number of nitro benzene ring substituents is 1. The van der Waals surface area contributed by atoms with E-state index in [-0.39, 0.29) is 16.3 Å². The number of halogens is 1. The first-order chi connectivity index (χ1) is 12.9. The van der Waals surface area contributed by atoms with Crippen molar-refractivity contribution in [1.82, 2.24) is 0 Å². The van der Waals surface area contributed by atoms with Crippen LogP contribution in [0.2, 0.25) is 5.02 Å². The van der Waals surface area contributed by atoms with Gasteiger partial charge in [0.1, 0.15) is 0 Å². The summed E-state index contributed by atoms with van der Waals surface area (Å²) >= 11 is 6.73. The molecular weight excluding hydrogens is 561 g/mol. The zero-order valence-electron chi connectivity index (χ0n) is 14.3. The predicted molar refractivity (Wildman–Crippen MR) is 105 cm³/mol. The van der Waals surface area contributed by atoms with E-state index in [0.717, 1.165) is 0 Å². The van der Waals surface area contributed by atoms with Crippen molar-refractivity contribution in [3.8, 4) is 16.9 Å². The number of benzene rings is 3. The molecular formula is C20H15ClNO4Pb. The van der Waals surface area contributed by atoms with Crippen LogP contribution in [-0.2, 0) is 3.16 Å². The third-order valence-corrected chi connectivity index (χ3v) is 6.75. The Labute approximate surface area is 177 Å². The summed E-state index contributed by atoms with van der Waals surface area (Å²) < 4.78 is 4.20. The van der Waals surface area contributed by atoms with Crippen molar-refractivity contribution in [3.63, 3.8) is 0 Å². The van der Waals surface area contributed by atoms with Crippen molar-refractivity contribution >= 4 is 43.1 Å². The summed E-state index contributed by atoms with van der Waals surface area (Å²) in [4.78, 5) is 11.2. The molecule has 3 rings (SSSR count). The predicted octanol–water partition coefficient (Wildman–Crippen LogP) is 4.29. The number of nitrogens with zero attached hydrogens (tertiary/aromatic N) is 1. The molecule has 0 bridgehead atoms. The summed E-state index contributed by atoms with van der Waals surface area (Å²) in [5.74, 6) is 0.411. The third kappa shape index (κ3) is 3.72. The summed E-state index contributed by atoms with van der Waals surface area (Å²) in [6.07, 6.45) is 0. The Morgan fingerprint density at radius 1 is 1.04 bits per heavy atom. The average molecular weight is 576 g/mol. The molecule has 27 heavy (non-hydrogen) atoms. The topological polar surface area (TPSA) is 72.6 Å². The number of aliphatic hydroxyl groups is 1. The Morgan fingerprint density at radius 3 is 2.33 bits per heavy atom. The molecule has 0 aliphatic carbocycles. The molecule has 0 heterocycles. The molecule has 0 saturated carbocycles. The van der Waals surface area contributed by atoms with Gasteiger partial charge in [-0.2, -0.15) is 0 Å². The van der Waals surface area contributed by atoms with Crippen molar-refractivity contribution in [3.05, 3.63) is 93.0 Å². The standard InChI is InChI=1S/C20H15ClNO4.Pb/c1-26-17-12-5-9-14(20(23)13-7-3-2-4-8-13)18(17)19-15(21)10-6-11-16(19)22(24)25;/h2-12,23H,1H3;. The molecule has 0 spiro atoms. The second kappa shape index (κ2) is 7.96. The van der Waals surface area contributed by atoms with E-state index in [1.54, 1.807) is 24.3 Å². The van der Waals surface area contributed by atoms with Crippen LogP contribution in [0.25, 0.3) is 11.1 Å². The summed E-state index contributed by atoms with van der Waals surface area (Å²) in [5, 5.41) is 23.3. The maximum atomic E-state index is 11.6. The summed E-state index contributed by atoms with van der Waals surface area (Å²) in [7, 11) is 1.49. The molecule has 7 heteroatoms. The van der Waals surface area contributed by atoms with Gasteiger partial charge in [0.15, 0.2) is 0 Å². The zero-order chi connectivity index (χ0) is 19.6. The first-order valence-electron chi connectivity index (χ1n) is 8.01. The molecule has 5 nitrogen and oxygen atoms in total. The van der Waals surface area contributed by atoms with Crippen LogP contribution in [0.3, 0.4) is 0 Å². The van der Waals surface area contributed by atoms with Crippen molar-refractivity contribution in [2.24, 2.45) is 0 Å². The number of ether oxygens (including phenoxy) is 1. The molecule has 0 aliphatic rings. The van der Waals surface area contributed by atoms with E-state index < -0.39 is 8.08 Å². The van der Waals surface area contributed by atoms with Gasteiger partial charge in [-0.3, -0.25) is 0 Å². The molecule has 0 saturated heterocycles. The van der Waals surface area contributed by atoms with E-state index in [0.29, 0.717) is 48.2 Å². The van der Waals surface area contributed by atoms with Crippen LogP contribution >= 0.6 is 11.6 Å². The molecule has 3 radical (unpaired) electrons. The summed E-state index contributed by atoms with van der Waals surface area (Å²) in [5.41, 5.74) is 1.76. The number of hydrogen-bond acceptors (Lipinski definition) is 4. The van der Waals surface area contributed by atoms with Gasteiger partial charge < -0.3 is 0 Å². The van der Waals surface area contributed by atoms with Gasteiger partial charge >= 0.3 is 178 Å². The molecule has 3 aromatic carbocycles. The van der Waals surface area contributed by atoms with Gasteiger partial charge in [-0.25, -0.2) is 0 Å². The van der Waals surface area contributed by atoms with Gasteiger partial charge in [0.05, 0.1) is 0 Å². The second-order valence-electron chi connectivity index (χ2n) is 5.85. The summed E-state index contributed by atoms with van der Waals surface area (Å²) in [6.45, 7) is 0. The van der Waals surface area contributed by atoms with E-state index in [2.05, 4.69) is 0 Å². The normalized spacial score (nSPS) is 13.0. The number of methoxy groups -OCH3 is 1. The fourth-order valence-electron chi connectivity index (χ4n) is 3.01. The quantitative estimate of drug-likeness (QED) is 0.280. The molecule has 1 N–H and O–H groups in total. The molecule has 3 aromatic rings. The van der Waals surface area contributed by atoms with Gasteiger partial charge in [-0.1, -0.05) is 0 Å². The Bertz CT molecular complexity index is 993. The fourth-order valence-corrected chi connectivity index (χ4v) is 4.73. The molecule has 0 aromatic heterocycles. The van der Waals surface area contributed by atoms with E-state index in [9.17, 15) is 15.2 Å². The van der Waals surface area contributed by atoms with Gasteiger partial charge in [0, 0.05) is 0 Å². The van der Waals surface area contributed by atoms with Crippen LogP contribution in [0.1, 0.15) is 11.1 Å². The minimum atomic E-state index is -1.28. The van der Waals surface area contributed by atoms with Gasteiger partial charge in [0.2, 0.25) is 0 Å². The second-order valence-corrected chi connectivity index (χ2v) is 9.07. The Morgan fingerprint density at radius 2 is 1.70 bits per heavy atom. The van der Waals surface area contributed by atoms with Crippen LogP contribution in [0.4, 0.5) is 5.69 Å². The molecule has 1 atom stereocenters. The summed E-state index contributed by atoms with van der Waals surface area (Å²) in [6, 6.07) is 18.9. The first kappa shape index (κ1) is 19.8. The zero-order valence-corrected chi connectivity index (χ0v) is 19.0. The molecule has 135 valence electrons. The van der Waals surface area contributed by atoms with Crippen LogP contribution in [-0.4, -0.2) is 42.9 Å². The Kier molecular flexibility index (Phi) is 5.83. The Balaban J connectivity index is 2.38. The van der Waals surface area contributed by atoms with E-state index in [4.69, 9.17) is 16.3 Å². The van der Waals surface area contributed by atoms with Crippen molar-refractivity contribution in [2.45, 2.75) is 3.16 Å². The molecule has 0 amide bonds. The van der Waals surface area contributed by atoms with Crippen LogP contribution < -0.4 is 4.74 Å². The number of rotatable bonds is 5. The van der Waals surface area contributed by atoms with Crippen molar-refractivity contribution < 1.29 is 14.8 Å². The molecule has 1 unspecified atom stereocenters.